The second-order valence-electron chi connectivity index (χ2n) is 2.99. The highest BCUT2D eigenvalue weighted by Gasteiger charge is 2.22. The van der Waals surface area contributed by atoms with Gasteiger partial charge < -0.3 is 4.74 Å². The van der Waals surface area contributed by atoms with E-state index in [9.17, 15) is 0 Å². The van der Waals surface area contributed by atoms with Gasteiger partial charge in [-0.1, -0.05) is 30.9 Å². The summed E-state index contributed by atoms with van der Waals surface area (Å²) < 4.78 is 5.31. The fourth-order valence-corrected chi connectivity index (χ4v) is 1.84. The van der Waals surface area contributed by atoms with Crippen LogP contribution in [0.15, 0.2) is 0 Å². The molecule has 1 rings (SSSR count). The number of hydrogen-bond acceptors (Lipinski definition) is 1. The molecule has 65 valence electrons. The van der Waals surface area contributed by atoms with E-state index in [1.807, 2.05) is 6.92 Å². The first-order valence-electron chi connectivity index (χ1n) is 4.45. The van der Waals surface area contributed by atoms with E-state index in [1.54, 1.807) is 0 Å². The van der Waals surface area contributed by atoms with Gasteiger partial charge in [-0.15, -0.1) is 0 Å². The highest BCUT2D eigenvalue weighted by Crippen LogP contribution is 2.31. The fraction of sp³-hybridized carbons (Fsp3) is 0.889. The maximum atomic E-state index is 6.00. The molecule has 1 nitrogen and oxygen atoms in total. The zero-order chi connectivity index (χ0) is 8.10. The van der Waals surface area contributed by atoms with E-state index in [1.165, 1.54) is 38.0 Å². The Kier molecular flexibility index (Phi) is 4.24. The average molecular weight is 176 g/mol. The molecule has 2 heteroatoms. The van der Waals surface area contributed by atoms with Crippen LogP contribution in [0.1, 0.15) is 39.0 Å². The molecule has 0 amide bonds. The van der Waals surface area contributed by atoms with Gasteiger partial charge in [-0.25, -0.2) is 0 Å². The second kappa shape index (κ2) is 5.00. The standard InChI is InChI=1S/C9H16ClO/c1-2-11-9(10)8-6-4-3-5-7-8/h9H,2-7H2,1H3. The van der Waals surface area contributed by atoms with Crippen molar-refractivity contribution in [2.75, 3.05) is 6.61 Å². The Morgan fingerprint density at radius 2 is 2.00 bits per heavy atom. The molecule has 0 saturated heterocycles. The summed E-state index contributed by atoms with van der Waals surface area (Å²) in [5, 5.41) is 0. The van der Waals surface area contributed by atoms with Gasteiger partial charge in [0, 0.05) is 12.5 Å². The molecule has 1 radical (unpaired) electrons. The third-order valence-electron chi connectivity index (χ3n) is 2.13. The minimum Gasteiger partial charge on any atom is -0.362 e. The summed E-state index contributed by atoms with van der Waals surface area (Å²) in [7, 11) is 0. The number of rotatable bonds is 3. The van der Waals surface area contributed by atoms with Crippen LogP contribution in [0.2, 0.25) is 0 Å². The largest absolute Gasteiger partial charge is 0.362 e. The molecule has 1 aliphatic rings. The SMILES string of the molecule is CCOC(Cl)[C]1CCCCC1. The van der Waals surface area contributed by atoms with Gasteiger partial charge >= 0.3 is 0 Å². The van der Waals surface area contributed by atoms with Gasteiger partial charge in [-0.3, -0.25) is 0 Å². The molecule has 0 aromatic rings. The molecule has 0 aromatic heterocycles. The monoisotopic (exact) mass is 175 g/mol. The van der Waals surface area contributed by atoms with Crippen LogP contribution >= 0.6 is 11.6 Å². The van der Waals surface area contributed by atoms with E-state index in [4.69, 9.17) is 16.3 Å². The highest BCUT2D eigenvalue weighted by molar-refractivity contribution is 6.21. The quantitative estimate of drug-likeness (QED) is 0.599. The Balaban J connectivity index is 2.21. The van der Waals surface area contributed by atoms with Gasteiger partial charge in [-0.2, -0.15) is 0 Å². The lowest BCUT2D eigenvalue weighted by Gasteiger charge is -2.24. The lowest BCUT2D eigenvalue weighted by molar-refractivity contribution is 0.118. The minimum atomic E-state index is -0.111. The van der Waals surface area contributed by atoms with E-state index in [0.29, 0.717) is 0 Å². The van der Waals surface area contributed by atoms with Crippen molar-refractivity contribution in [3.05, 3.63) is 5.92 Å². The molecule has 11 heavy (non-hydrogen) atoms. The van der Waals surface area contributed by atoms with Crippen LogP contribution in [0.4, 0.5) is 0 Å². The minimum absolute atomic E-state index is 0.111. The molecule has 0 bridgehead atoms. The Labute approximate surface area is 74.1 Å². The van der Waals surface area contributed by atoms with Crippen molar-refractivity contribution in [2.45, 2.75) is 44.6 Å². The van der Waals surface area contributed by atoms with Crippen LogP contribution in [-0.4, -0.2) is 12.2 Å². The lowest BCUT2D eigenvalue weighted by atomic mass is 9.90. The van der Waals surface area contributed by atoms with Gasteiger partial charge in [0.1, 0.15) is 5.56 Å². The molecule has 1 aliphatic carbocycles. The highest BCUT2D eigenvalue weighted by atomic mass is 35.5. The van der Waals surface area contributed by atoms with E-state index in [-0.39, 0.29) is 5.56 Å². The first kappa shape index (κ1) is 9.34. The van der Waals surface area contributed by atoms with Crippen molar-refractivity contribution in [2.24, 2.45) is 0 Å². The summed E-state index contributed by atoms with van der Waals surface area (Å²) in [4.78, 5) is 0. The molecule has 1 fully saturated rings. The van der Waals surface area contributed by atoms with Crippen LogP contribution in [-0.2, 0) is 4.74 Å². The summed E-state index contributed by atoms with van der Waals surface area (Å²) in [5.74, 6) is 1.40. The predicted octanol–water partition coefficient (Wildman–Crippen LogP) is 3.13. The molecular weight excluding hydrogens is 160 g/mol. The van der Waals surface area contributed by atoms with Gasteiger partial charge in [0.15, 0.2) is 0 Å². The molecule has 0 aliphatic heterocycles. The Bertz CT molecular complexity index is 99.7. The summed E-state index contributed by atoms with van der Waals surface area (Å²) in [6.45, 7) is 2.70. The molecule has 0 heterocycles. The van der Waals surface area contributed by atoms with E-state index < -0.39 is 0 Å². The van der Waals surface area contributed by atoms with Crippen molar-refractivity contribution in [3.63, 3.8) is 0 Å². The zero-order valence-electron chi connectivity index (χ0n) is 7.11. The first-order chi connectivity index (χ1) is 5.34. The van der Waals surface area contributed by atoms with Crippen molar-refractivity contribution in [1.82, 2.24) is 0 Å². The van der Waals surface area contributed by atoms with Crippen LogP contribution in [0.25, 0.3) is 0 Å². The number of ether oxygens (including phenoxy) is 1. The third kappa shape index (κ3) is 3.00. The van der Waals surface area contributed by atoms with Crippen LogP contribution < -0.4 is 0 Å². The molecule has 1 unspecified atom stereocenters. The van der Waals surface area contributed by atoms with Crippen molar-refractivity contribution in [3.8, 4) is 0 Å². The van der Waals surface area contributed by atoms with Crippen molar-refractivity contribution < 1.29 is 4.74 Å². The average Bonchev–Trinajstić information content (AvgIpc) is 2.07. The van der Waals surface area contributed by atoms with E-state index in [0.717, 1.165) is 6.61 Å². The van der Waals surface area contributed by atoms with Crippen LogP contribution in [0.5, 0.6) is 0 Å². The van der Waals surface area contributed by atoms with Crippen molar-refractivity contribution >= 4 is 11.6 Å². The number of alkyl halides is 1. The van der Waals surface area contributed by atoms with Gasteiger partial charge in [0.25, 0.3) is 0 Å². The topological polar surface area (TPSA) is 9.23 Å². The first-order valence-corrected chi connectivity index (χ1v) is 4.88. The Morgan fingerprint density at radius 3 is 2.55 bits per heavy atom. The fourth-order valence-electron chi connectivity index (χ4n) is 1.50. The van der Waals surface area contributed by atoms with E-state index in [2.05, 4.69) is 0 Å². The summed E-state index contributed by atoms with van der Waals surface area (Å²) in [6, 6.07) is 0. The second-order valence-corrected chi connectivity index (χ2v) is 3.39. The smallest absolute Gasteiger partial charge is 0.137 e. The molecule has 0 aromatic carbocycles. The summed E-state index contributed by atoms with van der Waals surface area (Å²) >= 11 is 6.00. The molecule has 0 N–H and O–H groups in total. The molecular formula is C9H16ClO. The van der Waals surface area contributed by atoms with E-state index >= 15 is 0 Å². The lowest BCUT2D eigenvalue weighted by Crippen LogP contribution is -2.18. The Hall–Kier alpha value is 0.250. The van der Waals surface area contributed by atoms with Crippen LogP contribution in [0.3, 0.4) is 0 Å². The molecule has 1 atom stereocenters. The summed E-state index contributed by atoms with van der Waals surface area (Å²) in [5.41, 5.74) is -0.111. The van der Waals surface area contributed by atoms with Gasteiger partial charge in [0.05, 0.1) is 0 Å². The summed E-state index contributed by atoms with van der Waals surface area (Å²) in [6.07, 6.45) is 6.30. The van der Waals surface area contributed by atoms with Gasteiger partial charge in [-0.05, 0) is 19.8 Å². The maximum Gasteiger partial charge on any atom is 0.137 e. The van der Waals surface area contributed by atoms with Crippen molar-refractivity contribution in [1.29, 1.82) is 0 Å². The normalized spacial score (nSPS) is 23.5. The maximum absolute atomic E-state index is 6.00. The zero-order valence-corrected chi connectivity index (χ0v) is 7.86. The number of hydrogen-bond donors (Lipinski definition) is 0. The number of halogens is 1. The third-order valence-corrected chi connectivity index (χ3v) is 2.56. The Morgan fingerprint density at radius 1 is 1.36 bits per heavy atom. The predicted molar refractivity (Wildman–Crippen MR) is 47.6 cm³/mol. The molecule has 1 saturated carbocycles. The van der Waals surface area contributed by atoms with Gasteiger partial charge in [0.2, 0.25) is 0 Å². The van der Waals surface area contributed by atoms with Crippen LogP contribution in [0, 0.1) is 5.92 Å². The molecule has 0 spiro atoms.